The largest absolute Gasteiger partial charge is 0.558 e. The lowest BCUT2D eigenvalue weighted by molar-refractivity contribution is 0.587. The van der Waals surface area contributed by atoms with Crippen LogP contribution in [0.2, 0.25) is 18.1 Å². The van der Waals surface area contributed by atoms with Crippen LogP contribution in [0.15, 0.2) is 0 Å². The molecule has 11 heavy (non-hydrogen) atoms. The average molecular weight is 231 g/mol. The maximum atomic E-state index is 5.44. The predicted octanol–water partition coefficient (Wildman–Crippen LogP) is 2.94. The molecule has 0 spiro atoms. The molecular formula is C6H17AlCl2OSi. The van der Waals surface area contributed by atoms with Gasteiger partial charge < -0.3 is 3.48 Å². The topological polar surface area (TPSA) is 9.23 Å². The molecule has 0 saturated carbocycles. The van der Waals surface area contributed by atoms with E-state index in [4.69, 9.17) is 3.48 Å². The second kappa shape index (κ2) is 9.38. The lowest BCUT2D eigenvalue weighted by Crippen LogP contribution is -2.34. The van der Waals surface area contributed by atoms with E-state index in [0.29, 0.717) is 0 Å². The van der Waals surface area contributed by atoms with E-state index in [0.717, 1.165) is 0 Å². The molecule has 68 valence electrons. The highest BCUT2D eigenvalue weighted by molar-refractivity contribution is 6.75. The molecule has 0 N–H and O–H groups in total. The van der Waals surface area contributed by atoms with Crippen molar-refractivity contribution in [2.24, 2.45) is 0 Å². The summed E-state index contributed by atoms with van der Waals surface area (Å²) in [4.78, 5) is 0. The van der Waals surface area contributed by atoms with Crippen LogP contribution in [-0.2, 0) is 3.48 Å². The van der Waals surface area contributed by atoms with E-state index >= 15 is 0 Å². The first kappa shape index (κ1) is 18.2. The number of halogens is 2. The minimum atomic E-state index is -1.23. The molecule has 0 aromatic heterocycles. The summed E-state index contributed by atoms with van der Waals surface area (Å²) in [7, 11) is -1.23. The van der Waals surface area contributed by atoms with E-state index in [1.165, 1.54) is 18.1 Å². The van der Waals surface area contributed by atoms with E-state index in [9.17, 15) is 0 Å². The van der Waals surface area contributed by atoms with Crippen LogP contribution in [-0.4, -0.2) is 24.9 Å². The Hall–Kier alpha value is 1.29. The molecule has 1 nitrogen and oxygen atoms in total. The second-order valence-electron chi connectivity index (χ2n) is 2.36. The van der Waals surface area contributed by atoms with Gasteiger partial charge in [-0.25, -0.2) is 0 Å². The van der Waals surface area contributed by atoms with E-state index < -0.39 is 8.32 Å². The van der Waals surface area contributed by atoms with Crippen molar-refractivity contribution in [1.29, 1.82) is 0 Å². The summed E-state index contributed by atoms with van der Waals surface area (Å²) in [6, 6.07) is 3.72. The minimum Gasteiger partial charge on any atom is -0.558 e. The van der Waals surface area contributed by atoms with Crippen LogP contribution in [0.3, 0.4) is 0 Å². The van der Waals surface area contributed by atoms with E-state index in [1.54, 1.807) is 0 Å². The molecule has 0 aliphatic carbocycles. The summed E-state index contributed by atoms with van der Waals surface area (Å²) in [6.07, 6.45) is 0. The lowest BCUT2D eigenvalue weighted by Gasteiger charge is -2.27. The van der Waals surface area contributed by atoms with Crippen molar-refractivity contribution >= 4 is 49.8 Å². The standard InChI is InChI=1S/C6H15OSi.Al.2ClH/c1-4-8(7,5-2)6-3;;;/h4-6H2,1-3H3;;2*1H/q-1;+1;;. The lowest BCUT2D eigenvalue weighted by atomic mass is 10.9. The van der Waals surface area contributed by atoms with Crippen LogP contribution < -0.4 is 0 Å². The monoisotopic (exact) mass is 230 g/mol. The highest BCUT2D eigenvalue weighted by Crippen LogP contribution is 2.19. The molecule has 0 unspecified atom stereocenters. The molecule has 0 saturated heterocycles. The Labute approximate surface area is 92.0 Å². The fourth-order valence-electron chi connectivity index (χ4n) is 1.00. The second-order valence-corrected chi connectivity index (χ2v) is 7.79. The molecule has 0 bridgehead atoms. The summed E-state index contributed by atoms with van der Waals surface area (Å²) in [6.45, 7) is 6.68. The summed E-state index contributed by atoms with van der Waals surface area (Å²) < 4.78 is 5.44. The molecule has 0 amide bonds. The van der Waals surface area contributed by atoms with Crippen LogP contribution in [0.25, 0.3) is 0 Å². The molecule has 0 aliphatic rings. The Kier molecular flexibility index (Phi) is 15.5. The third-order valence-corrected chi connectivity index (χ3v) is 8.05. The van der Waals surface area contributed by atoms with Crippen molar-refractivity contribution in [3.05, 3.63) is 0 Å². The summed E-state index contributed by atoms with van der Waals surface area (Å²) in [5.41, 5.74) is 0. The van der Waals surface area contributed by atoms with Gasteiger partial charge in [0.1, 0.15) is 0 Å². The summed E-state index contributed by atoms with van der Waals surface area (Å²) in [5.74, 6) is 0. The van der Waals surface area contributed by atoms with Crippen LogP contribution in [0.4, 0.5) is 0 Å². The molecular weight excluding hydrogens is 214 g/mol. The van der Waals surface area contributed by atoms with Gasteiger partial charge in [0, 0.05) is 0 Å². The minimum absolute atomic E-state index is 0. The Morgan fingerprint density at radius 2 is 1.27 bits per heavy atom. The normalized spacial score (nSPS) is 9.73. The number of hydrogen-bond acceptors (Lipinski definition) is 1. The third-order valence-electron chi connectivity index (χ3n) is 2.18. The third kappa shape index (κ3) is 5.52. The first-order valence-electron chi connectivity index (χ1n) is 3.62. The van der Waals surface area contributed by atoms with Crippen molar-refractivity contribution < 1.29 is 3.48 Å². The molecule has 0 rings (SSSR count). The Balaban J connectivity index is -0.000000320. The Bertz CT molecular complexity index is 63.5. The summed E-state index contributed by atoms with van der Waals surface area (Å²) >= 11 is 2.42. The Morgan fingerprint density at radius 3 is 1.27 bits per heavy atom. The summed E-state index contributed by atoms with van der Waals surface area (Å²) in [5, 5.41) is 0. The van der Waals surface area contributed by atoms with Crippen molar-refractivity contribution in [2.45, 2.75) is 38.9 Å². The Morgan fingerprint density at radius 1 is 1.00 bits per heavy atom. The van der Waals surface area contributed by atoms with Crippen molar-refractivity contribution in [3.63, 3.8) is 0 Å². The van der Waals surface area contributed by atoms with Crippen molar-refractivity contribution in [3.8, 4) is 0 Å². The molecule has 0 fully saturated rings. The van der Waals surface area contributed by atoms with E-state index in [-0.39, 0.29) is 24.8 Å². The van der Waals surface area contributed by atoms with Gasteiger partial charge in [-0.05, 0) is 18.1 Å². The number of hydrogen-bond donors (Lipinski definition) is 0. The first-order chi connectivity index (χ1) is 4.24. The molecule has 0 heterocycles. The van der Waals surface area contributed by atoms with Gasteiger partial charge >= 0.3 is 16.6 Å². The quantitative estimate of drug-likeness (QED) is 0.676. The van der Waals surface area contributed by atoms with Crippen molar-refractivity contribution in [2.75, 3.05) is 0 Å². The molecule has 0 aromatic rings. The van der Waals surface area contributed by atoms with Crippen LogP contribution in [0, 0.1) is 0 Å². The zero-order valence-corrected chi connectivity index (χ0v) is 11.2. The van der Waals surface area contributed by atoms with Gasteiger partial charge in [-0.2, -0.15) is 0 Å². The molecule has 0 atom stereocenters. The van der Waals surface area contributed by atoms with E-state index in [1.807, 2.05) is 0 Å². The maximum absolute atomic E-state index is 5.44. The zero-order chi connectivity index (χ0) is 7.33. The first-order valence-corrected chi connectivity index (χ1v) is 6.62. The number of rotatable bonds is 4. The van der Waals surface area contributed by atoms with Gasteiger partial charge in [-0.15, -0.1) is 24.8 Å². The van der Waals surface area contributed by atoms with Gasteiger partial charge in [-0.1, -0.05) is 20.8 Å². The van der Waals surface area contributed by atoms with Crippen LogP contribution >= 0.6 is 24.8 Å². The fourth-order valence-corrected chi connectivity index (χ4v) is 4.50. The van der Waals surface area contributed by atoms with Gasteiger partial charge in [-0.3, -0.25) is 0 Å². The average Bonchev–Trinajstić information content (AvgIpc) is 1.95. The van der Waals surface area contributed by atoms with Crippen LogP contribution in [0.5, 0.6) is 0 Å². The van der Waals surface area contributed by atoms with Gasteiger partial charge in [0.15, 0.2) is 8.32 Å². The van der Waals surface area contributed by atoms with Crippen LogP contribution in [0.1, 0.15) is 20.8 Å². The molecule has 2 radical (unpaired) electrons. The van der Waals surface area contributed by atoms with Crippen molar-refractivity contribution in [1.82, 2.24) is 0 Å². The maximum Gasteiger partial charge on any atom is 0.354 e. The molecule has 0 aliphatic heterocycles. The van der Waals surface area contributed by atoms with Gasteiger partial charge in [0.05, 0.1) is 0 Å². The van der Waals surface area contributed by atoms with Gasteiger partial charge in [0.2, 0.25) is 0 Å². The predicted molar refractivity (Wildman–Crippen MR) is 58.5 cm³/mol. The zero-order valence-electron chi connectivity index (χ0n) is 7.42. The van der Waals surface area contributed by atoms with E-state index in [2.05, 4.69) is 37.4 Å². The highest BCUT2D eigenvalue weighted by Gasteiger charge is 2.24. The van der Waals surface area contributed by atoms with Gasteiger partial charge in [0.25, 0.3) is 0 Å². The smallest absolute Gasteiger partial charge is 0.354 e. The molecule has 5 heteroatoms. The SMILES string of the molecule is CC[Si](CC)(CC)[O][Al].Cl.Cl. The highest BCUT2D eigenvalue weighted by atomic mass is 35.5. The fraction of sp³-hybridized carbons (Fsp3) is 1.00. The molecule has 0 aromatic carbocycles.